The van der Waals surface area contributed by atoms with Crippen LogP contribution in [0.5, 0.6) is 0 Å². The topological polar surface area (TPSA) is 73.5 Å². The summed E-state index contributed by atoms with van der Waals surface area (Å²) >= 11 is 0. The SMILES string of the molecule is CC[C@@H](C)NC(=O)c1cc(NC(=O)Nc2c(C)cccc2C)ccc1N1CCCC1. The predicted octanol–water partition coefficient (Wildman–Crippen LogP) is 5.08. The summed E-state index contributed by atoms with van der Waals surface area (Å²) < 4.78 is 0. The molecule has 3 rings (SSSR count). The molecule has 0 spiro atoms. The van der Waals surface area contributed by atoms with Gasteiger partial charge in [0.15, 0.2) is 0 Å². The lowest BCUT2D eigenvalue weighted by molar-refractivity contribution is 0.0939. The summed E-state index contributed by atoms with van der Waals surface area (Å²) in [6.45, 7) is 9.86. The van der Waals surface area contributed by atoms with Crippen LogP contribution in [0.1, 0.15) is 54.6 Å². The van der Waals surface area contributed by atoms with E-state index >= 15 is 0 Å². The third kappa shape index (κ3) is 5.12. The number of hydrogen-bond donors (Lipinski definition) is 3. The number of nitrogens with one attached hydrogen (secondary N) is 3. The number of hydrogen-bond acceptors (Lipinski definition) is 3. The Kier molecular flexibility index (Phi) is 6.98. The molecule has 2 aromatic carbocycles. The number of urea groups is 1. The van der Waals surface area contributed by atoms with Crippen LogP contribution in [-0.4, -0.2) is 31.1 Å². The maximum absolute atomic E-state index is 12.9. The lowest BCUT2D eigenvalue weighted by Gasteiger charge is -2.23. The van der Waals surface area contributed by atoms with Gasteiger partial charge in [-0.2, -0.15) is 0 Å². The summed E-state index contributed by atoms with van der Waals surface area (Å²) in [6.07, 6.45) is 3.12. The zero-order valence-corrected chi connectivity index (χ0v) is 18.3. The van der Waals surface area contributed by atoms with E-state index in [0.29, 0.717) is 11.3 Å². The summed E-state index contributed by atoms with van der Waals surface area (Å²) in [7, 11) is 0. The van der Waals surface area contributed by atoms with E-state index in [4.69, 9.17) is 0 Å². The van der Waals surface area contributed by atoms with Crippen molar-refractivity contribution in [1.29, 1.82) is 0 Å². The second-order valence-electron chi connectivity index (χ2n) is 8.05. The minimum atomic E-state index is -0.324. The minimum absolute atomic E-state index is 0.0906. The standard InChI is InChI=1S/C24H32N4O2/c1-5-18(4)25-23(29)20-15-19(11-12-21(20)28-13-6-7-14-28)26-24(30)27-22-16(2)9-8-10-17(22)3/h8-12,15,18H,5-7,13-14H2,1-4H3,(H,25,29)(H2,26,27,30)/t18-/m1/s1. The number of aryl methyl sites for hydroxylation is 2. The quantitative estimate of drug-likeness (QED) is 0.624. The van der Waals surface area contributed by atoms with Gasteiger partial charge in [0.05, 0.1) is 5.56 Å². The molecule has 3 amide bonds. The van der Waals surface area contributed by atoms with E-state index in [1.807, 2.05) is 58.0 Å². The monoisotopic (exact) mass is 408 g/mol. The summed E-state index contributed by atoms with van der Waals surface area (Å²) in [5.41, 5.74) is 4.93. The van der Waals surface area contributed by atoms with Gasteiger partial charge in [-0.05, 0) is 69.4 Å². The first-order chi connectivity index (χ1) is 14.4. The van der Waals surface area contributed by atoms with Gasteiger partial charge in [-0.25, -0.2) is 4.79 Å². The fourth-order valence-electron chi connectivity index (χ4n) is 3.72. The maximum atomic E-state index is 12.9. The van der Waals surface area contributed by atoms with Gasteiger partial charge in [0.2, 0.25) is 0 Å². The molecule has 2 aromatic rings. The summed E-state index contributed by atoms with van der Waals surface area (Å²) in [5, 5.41) is 8.85. The third-order valence-electron chi connectivity index (χ3n) is 5.66. The van der Waals surface area contributed by atoms with Crippen molar-refractivity contribution in [3.63, 3.8) is 0 Å². The maximum Gasteiger partial charge on any atom is 0.323 e. The van der Waals surface area contributed by atoms with Crippen LogP contribution in [0, 0.1) is 13.8 Å². The van der Waals surface area contributed by atoms with E-state index < -0.39 is 0 Å². The second-order valence-corrected chi connectivity index (χ2v) is 8.05. The molecule has 0 bridgehead atoms. The van der Waals surface area contributed by atoms with E-state index in [9.17, 15) is 9.59 Å². The van der Waals surface area contributed by atoms with Gasteiger partial charge in [-0.1, -0.05) is 25.1 Å². The van der Waals surface area contributed by atoms with Crippen molar-refractivity contribution >= 4 is 29.0 Å². The Labute approximate surface area is 179 Å². The van der Waals surface area contributed by atoms with E-state index in [1.165, 1.54) is 0 Å². The summed E-state index contributed by atoms with van der Waals surface area (Å²) in [5.74, 6) is -0.106. The van der Waals surface area contributed by atoms with E-state index in [-0.39, 0.29) is 18.0 Å². The molecule has 1 aliphatic rings. The molecule has 0 saturated carbocycles. The van der Waals surface area contributed by atoms with Crippen molar-refractivity contribution in [3.05, 3.63) is 53.1 Å². The number of para-hydroxylation sites is 1. The van der Waals surface area contributed by atoms with Crippen molar-refractivity contribution in [1.82, 2.24) is 5.32 Å². The van der Waals surface area contributed by atoms with Crippen LogP contribution in [0.25, 0.3) is 0 Å². The molecular weight excluding hydrogens is 376 g/mol. The Morgan fingerprint density at radius 2 is 1.70 bits per heavy atom. The molecule has 30 heavy (non-hydrogen) atoms. The van der Waals surface area contributed by atoms with Crippen LogP contribution in [-0.2, 0) is 0 Å². The van der Waals surface area contributed by atoms with Crippen molar-refractivity contribution in [2.75, 3.05) is 28.6 Å². The van der Waals surface area contributed by atoms with Crippen molar-refractivity contribution < 1.29 is 9.59 Å². The number of nitrogens with zero attached hydrogens (tertiary/aromatic N) is 1. The van der Waals surface area contributed by atoms with Gasteiger partial charge in [-0.3, -0.25) is 4.79 Å². The zero-order valence-electron chi connectivity index (χ0n) is 18.3. The fourth-order valence-corrected chi connectivity index (χ4v) is 3.72. The lowest BCUT2D eigenvalue weighted by Crippen LogP contribution is -2.33. The third-order valence-corrected chi connectivity index (χ3v) is 5.66. The zero-order chi connectivity index (χ0) is 21.7. The molecule has 160 valence electrons. The van der Waals surface area contributed by atoms with Crippen molar-refractivity contribution in [2.24, 2.45) is 0 Å². The average molecular weight is 409 g/mol. The van der Waals surface area contributed by atoms with Gasteiger partial charge in [-0.15, -0.1) is 0 Å². The second kappa shape index (κ2) is 9.65. The molecule has 0 aromatic heterocycles. The highest BCUT2D eigenvalue weighted by Crippen LogP contribution is 2.28. The molecule has 0 aliphatic carbocycles. The van der Waals surface area contributed by atoms with Gasteiger partial charge >= 0.3 is 6.03 Å². The number of anilines is 3. The van der Waals surface area contributed by atoms with Crippen LogP contribution >= 0.6 is 0 Å². The molecule has 3 N–H and O–H groups in total. The first-order valence-electron chi connectivity index (χ1n) is 10.7. The van der Waals surface area contributed by atoms with Crippen molar-refractivity contribution in [2.45, 2.75) is 53.0 Å². The number of amides is 3. The number of benzene rings is 2. The number of rotatable bonds is 6. The first-order valence-corrected chi connectivity index (χ1v) is 10.7. The van der Waals surface area contributed by atoms with Crippen LogP contribution < -0.4 is 20.9 Å². The van der Waals surface area contributed by atoms with Crippen LogP contribution in [0.15, 0.2) is 36.4 Å². The normalized spacial score (nSPS) is 14.3. The summed E-state index contributed by atoms with van der Waals surface area (Å²) in [6, 6.07) is 11.2. The highest BCUT2D eigenvalue weighted by molar-refractivity contribution is 6.04. The smallest absolute Gasteiger partial charge is 0.323 e. The Hall–Kier alpha value is -3.02. The molecule has 6 heteroatoms. The van der Waals surface area contributed by atoms with Crippen LogP contribution in [0.2, 0.25) is 0 Å². The molecule has 1 aliphatic heterocycles. The predicted molar refractivity (Wildman–Crippen MR) is 124 cm³/mol. The first kappa shape index (κ1) is 21.7. The lowest BCUT2D eigenvalue weighted by atomic mass is 10.1. The Bertz CT molecular complexity index is 899. The highest BCUT2D eigenvalue weighted by Gasteiger charge is 2.21. The molecule has 6 nitrogen and oxygen atoms in total. The molecule has 1 fully saturated rings. The molecule has 0 radical (unpaired) electrons. The Morgan fingerprint density at radius 3 is 2.33 bits per heavy atom. The van der Waals surface area contributed by atoms with E-state index in [0.717, 1.165) is 54.9 Å². The van der Waals surface area contributed by atoms with E-state index in [1.54, 1.807) is 6.07 Å². The number of carbonyl (C=O) groups is 2. The molecule has 1 atom stereocenters. The Balaban J connectivity index is 1.81. The number of carbonyl (C=O) groups excluding carboxylic acids is 2. The largest absolute Gasteiger partial charge is 0.371 e. The van der Waals surface area contributed by atoms with Crippen molar-refractivity contribution in [3.8, 4) is 0 Å². The molecular formula is C24H32N4O2. The molecule has 1 saturated heterocycles. The Morgan fingerprint density at radius 1 is 1.03 bits per heavy atom. The van der Waals surface area contributed by atoms with Gasteiger partial charge in [0, 0.05) is 36.2 Å². The van der Waals surface area contributed by atoms with Crippen LogP contribution in [0.4, 0.5) is 21.9 Å². The minimum Gasteiger partial charge on any atom is -0.371 e. The summed E-state index contributed by atoms with van der Waals surface area (Å²) in [4.78, 5) is 27.8. The fraction of sp³-hybridized carbons (Fsp3) is 0.417. The van der Waals surface area contributed by atoms with Crippen LogP contribution in [0.3, 0.4) is 0 Å². The van der Waals surface area contributed by atoms with E-state index in [2.05, 4.69) is 20.9 Å². The highest BCUT2D eigenvalue weighted by atomic mass is 16.2. The van der Waals surface area contributed by atoms with Gasteiger partial charge in [0.1, 0.15) is 0 Å². The molecule has 0 unspecified atom stereocenters. The molecule has 1 heterocycles. The van der Waals surface area contributed by atoms with Gasteiger partial charge < -0.3 is 20.9 Å². The van der Waals surface area contributed by atoms with Gasteiger partial charge in [0.25, 0.3) is 5.91 Å². The average Bonchev–Trinajstić information content (AvgIpc) is 3.25.